The molecule has 0 bridgehead atoms. The van der Waals surface area contributed by atoms with E-state index in [1.165, 1.54) is 0 Å². The topological polar surface area (TPSA) is 41.6 Å². The third-order valence-electron chi connectivity index (χ3n) is 2.19. The van der Waals surface area contributed by atoms with Gasteiger partial charge in [0.1, 0.15) is 0 Å². The highest BCUT2D eigenvalue weighted by molar-refractivity contribution is 5.87. The lowest BCUT2D eigenvalue weighted by Crippen LogP contribution is -2.47. The molecule has 0 saturated carbocycles. The molecule has 0 unspecified atom stereocenters. The van der Waals surface area contributed by atoms with E-state index in [1.807, 2.05) is 30.5 Å². The van der Waals surface area contributed by atoms with Crippen LogP contribution in [0.25, 0.3) is 0 Å². The van der Waals surface area contributed by atoms with Crippen molar-refractivity contribution in [2.45, 2.75) is 26.3 Å². The maximum absolute atomic E-state index is 6.07. The number of aliphatic imine (C=N–C) groups is 1. The smallest absolute Gasteiger partial charge is 0.0611 e. The quantitative estimate of drug-likeness (QED) is 0.457. The predicted molar refractivity (Wildman–Crippen MR) is 66.4 cm³/mol. The number of anilines is 1. The molecule has 1 aromatic carbocycles. The molecule has 0 aliphatic carbocycles. The van der Waals surface area contributed by atoms with E-state index in [0.29, 0.717) is 0 Å². The van der Waals surface area contributed by atoms with Crippen LogP contribution in [0.5, 0.6) is 0 Å². The fraction of sp³-hybridized carbons (Fsp3) is 0.417. The van der Waals surface area contributed by atoms with Crippen molar-refractivity contribution in [2.24, 2.45) is 10.8 Å². The summed E-state index contributed by atoms with van der Waals surface area (Å²) in [6.07, 6.45) is 1.82. The molecule has 0 heterocycles. The van der Waals surface area contributed by atoms with Crippen molar-refractivity contribution >= 4 is 11.9 Å². The Morgan fingerprint density at radius 1 is 1.27 bits per heavy atom. The highest BCUT2D eigenvalue weighted by Crippen LogP contribution is 2.22. The maximum atomic E-state index is 6.07. The molecule has 0 aromatic heterocycles. The van der Waals surface area contributed by atoms with Crippen molar-refractivity contribution in [3.63, 3.8) is 0 Å². The number of hydrogen-bond acceptors (Lipinski definition) is 3. The first-order chi connectivity index (χ1) is 6.96. The Morgan fingerprint density at radius 3 is 2.40 bits per heavy atom. The number of hydrogen-bond donors (Lipinski definition) is 1. The number of hydrazine groups is 1. The molecule has 0 aliphatic heterocycles. The third-order valence-corrected chi connectivity index (χ3v) is 2.19. The zero-order chi connectivity index (χ0) is 11.5. The van der Waals surface area contributed by atoms with Crippen LogP contribution in [0.1, 0.15) is 26.3 Å². The molecule has 15 heavy (non-hydrogen) atoms. The molecule has 0 fully saturated rings. The molecule has 0 atom stereocenters. The molecule has 0 radical (unpaired) electrons. The van der Waals surface area contributed by atoms with Crippen molar-refractivity contribution in [1.29, 1.82) is 0 Å². The molecule has 0 spiro atoms. The summed E-state index contributed by atoms with van der Waals surface area (Å²) in [5.41, 5.74) is 1.94. The zero-order valence-corrected chi connectivity index (χ0v) is 9.86. The van der Waals surface area contributed by atoms with Gasteiger partial charge in [-0.3, -0.25) is 4.99 Å². The van der Waals surface area contributed by atoms with Crippen LogP contribution in [0.3, 0.4) is 0 Å². The van der Waals surface area contributed by atoms with Crippen LogP contribution in [-0.2, 0) is 0 Å². The normalized spacial score (nSPS) is 12.1. The zero-order valence-electron chi connectivity index (χ0n) is 9.86. The van der Waals surface area contributed by atoms with Crippen molar-refractivity contribution in [1.82, 2.24) is 0 Å². The van der Waals surface area contributed by atoms with E-state index in [2.05, 4.69) is 25.8 Å². The average Bonchev–Trinajstić information content (AvgIpc) is 2.17. The highest BCUT2D eigenvalue weighted by atomic mass is 15.4. The van der Waals surface area contributed by atoms with Crippen LogP contribution in [0.4, 0.5) is 5.69 Å². The van der Waals surface area contributed by atoms with Gasteiger partial charge in [0.15, 0.2) is 0 Å². The Hall–Kier alpha value is -1.35. The van der Waals surface area contributed by atoms with E-state index >= 15 is 0 Å². The minimum absolute atomic E-state index is 0.0995. The molecule has 1 aromatic rings. The van der Waals surface area contributed by atoms with Gasteiger partial charge in [-0.15, -0.1) is 0 Å². The largest absolute Gasteiger partial charge is 0.305 e. The minimum Gasteiger partial charge on any atom is -0.305 e. The van der Waals surface area contributed by atoms with Gasteiger partial charge >= 0.3 is 0 Å². The first kappa shape index (κ1) is 11.7. The van der Waals surface area contributed by atoms with Crippen LogP contribution in [0, 0.1) is 0 Å². The van der Waals surface area contributed by atoms with Gasteiger partial charge in [-0.25, -0.2) is 5.84 Å². The van der Waals surface area contributed by atoms with Crippen LogP contribution in [-0.4, -0.2) is 18.8 Å². The van der Waals surface area contributed by atoms with Crippen LogP contribution in [0.15, 0.2) is 29.3 Å². The summed E-state index contributed by atoms with van der Waals surface area (Å²) < 4.78 is 0. The SMILES string of the molecule is CN=Cc1ccccc1N(N)C(C)(C)C. The Kier molecular flexibility index (Phi) is 3.48. The lowest BCUT2D eigenvalue weighted by molar-refractivity contribution is 0.514. The summed E-state index contributed by atoms with van der Waals surface area (Å²) in [7, 11) is 1.76. The molecule has 2 N–H and O–H groups in total. The van der Waals surface area contributed by atoms with Gasteiger partial charge in [-0.1, -0.05) is 18.2 Å². The fourth-order valence-electron chi connectivity index (χ4n) is 1.32. The first-order valence-corrected chi connectivity index (χ1v) is 5.03. The maximum Gasteiger partial charge on any atom is 0.0611 e. The summed E-state index contributed by atoms with van der Waals surface area (Å²) in [4.78, 5) is 4.02. The lowest BCUT2D eigenvalue weighted by atomic mass is 10.1. The Bertz CT molecular complexity index is 350. The summed E-state index contributed by atoms with van der Waals surface area (Å²) in [5, 5.41) is 1.77. The Balaban J connectivity index is 3.13. The second-order valence-electron chi connectivity index (χ2n) is 4.49. The first-order valence-electron chi connectivity index (χ1n) is 5.03. The summed E-state index contributed by atoms with van der Waals surface area (Å²) in [5.74, 6) is 6.07. The minimum atomic E-state index is -0.0995. The standard InChI is InChI=1S/C12H19N3/c1-12(2,3)15(13)11-8-6-5-7-10(11)9-14-4/h5-9H,13H2,1-4H3. The number of nitrogens with zero attached hydrogens (tertiary/aromatic N) is 2. The second kappa shape index (κ2) is 4.45. The number of nitrogens with two attached hydrogens (primary N) is 1. The van der Waals surface area contributed by atoms with Gasteiger partial charge in [-0.2, -0.15) is 0 Å². The predicted octanol–water partition coefficient (Wildman–Crippen LogP) is 2.21. The van der Waals surface area contributed by atoms with E-state index in [-0.39, 0.29) is 5.54 Å². The number of para-hydroxylation sites is 1. The number of benzene rings is 1. The Morgan fingerprint density at radius 2 is 1.87 bits per heavy atom. The van der Waals surface area contributed by atoms with Crippen LogP contribution >= 0.6 is 0 Å². The molecule has 3 heteroatoms. The molecular weight excluding hydrogens is 186 g/mol. The molecule has 0 aliphatic rings. The van der Waals surface area contributed by atoms with Crippen LogP contribution in [0.2, 0.25) is 0 Å². The average molecular weight is 205 g/mol. The van der Waals surface area contributed by atoms with Crippen molar-refractivity contribution in [3.05, 3.63) is 29.8 Å². The third kappa shape index (κ3) is 2.80. The lowest BCUT2D eigenvalue weighted by Gasteiger charge is -2.34. The van der Waals surface area contributed by atoms with Crippen LogP contribution < -0.4 is 10.9 Å². The van der Waals surface area contributed by atoms with Gasteiger partial charge in [0, 0.05) is 24.4 Å². The monoisotopic (exact) mass is 205 g/mol. The van der Waals surface area contributed by atoms with Gasteiger partial charge in [0.2, 0.25) is 0 Å². The fourth-order valence-corrected chi connectivity index (χ4v) is 1.32. The van der Waals surface area contributed by atoms with Crippen molar-refractivity contribution < 1.29 is 0 Å². The molecule has 1 rings (SSSR count). The molecule has 0 saturated heterocycles. The highest BCUT2D eigenvalue weighted by Gasteiger charge is 2.19. The van der Waals surface area contributed by atoms with Crippen molar-refractivity contribution in [2.75, 3.05) is 12.1 Å². The molecule has 3 nitrogen and oxygen atoms in total. The summed E-state index contributed by atoms with van der Waals surface area (Å²) in [6, 6.07) is 7.97. The Labute approximate surface area is 91.6 Å². The molecular formula is C12H19N3. The molecule has 82 valence electrons. The molecule has 0 amide bonds. The van der Waals surface area contributed by atoms with E-state index in [9.17, 15) is 0 Å². The van der Waals surface area contributed by atoms with E-state index < -0.39 is 0 Å². The van der Waals surface area contributed by atoms with E-state index in [1.54, 1.807) is 12.1 Å². The van der Waals surface area contributed by atoms with E-state index in [4.69, 9.17) is 5.84 Å². The summed E-state index contributed by atoms with van der Waals surface area (Å²) in [6.45, 7) is 6.23. The summed E-state index contributed by atoms with van der Waals surface area (Å²) >= 11 is 0. The van der Waals surface area contributed by atoms with Crippen molar-refractivity contribution in [3.8, 4) is 0 Å². The number of rotatable bonds is 2. The van der Waals surface area contributed by atoms with Gasteiger partial charge in [-0.05, 0) is 26.8 Å². The van der Waals surface area contributed by atoms with Gasteiger partial charge < -0.3 is 5.01 Å². The van der Waals surface area contributed by atoms with E-state index in [0.717, 1.165) is 11.3 Å². The second-order valence-corrected chi connectivity index (χ2v) is 4.49. The van der Waals surface area contributed by atoms with Gasteiger partial charge in [0.25, 0.3) is 0 Å². The van der Waals surface area contributed by atoms with Gasteiger partial charge in [0.05, 0.1) is 5.69 Å².